The molecule has 2 aromatic carbocycles. The molecule has 2 aromatic rings. The van der Waals surface area contributed by atoms with Gasteiger partial charge in [0.1, 0.15) is 23.9 Å². The molecule has 0 aliphatic heterocycles. The van der Waals surface area contributed by atoms with Gasteiger partial charge in [0.15, 0.2) is 0 Å². The molecule has 0 aliphatic carbocycles. The number of aryl methyl sites for hydroxylation is 1. The first kappa shape index (κ1) is 15.7. The average molecular weight is 302 g/mol. The Morgan fingerprint density at radius 1 is 1.14 bits per heavy atom. The van der Waals surface area contributed by atoms with Gasteiger partial charge in [0.2, 0.25) is 0 Å². The molecule has 0 saturated heterocycles. The standard InChI is InChI=1S/C17H18O5/c1-3-21-16-6-4-5-13(17(19)20)14(16)10-22-15-8-7-12(18)9-11(15)2/h4-9,18H,3,10H2,1-2H3,(H,19,20). The van der Waals surface area contributed by atoms with E-state index in [0.717, 1.165) is 5.56 Å². The molecule has 116 valence electrons. The van der Waals surface area contributed by atoms with Crippen LogP contribution in [0.3, 0.4) is 0 Å². The van der Waals surface area contributed by atoms with E-state index in [1.54, 1.807) is 24.3 Å². The van der Waals surface area contributed by atoms with Gasteiger partial charge in [0, 0.05) is 5.56 Å². The molecule has 0 heterocycles. The maximum Gasteiger partial charge on any atom is 0.336 e. The van der Waals surface area contributed by atoms with E-state index in [9.17, 15) is 15.0 Å². The van der Waals surface area contributed by atoms with Gasteiger partial charge in [0.05, 0.1) is 12.2 Å². The van der Waals surface area contributed by atoms with Crippen LogP contribution in [0.1, 0.15) is 28.4 Å². The SMILES string of the molecule is CCOc1cccc(C(=O)O)c1COc1ccc(O)cc1C. The second-order valence-corrected chi connectivity index (χ2v) is 4.76. The Morgan fingerprint density at radius 3 is 2.55 bits per heavy atom. The Labute approximate surface area is 128 Å². The summed E-state index contributed by atoms with van der Waals surface area (Å²) in [5, 5.41) is 18.7. The Balaban J connectivity index is 2.29. The van der Waals surface area contributed by atoms with E-state index in [1.807, 2.05) is 13.8 Å². The lowest BCUT2D eigenvalue weighted by Gasteiger charge is -2.15. The number of carbonyl (C=O) groups is 1. The molecule has 0 atom stereocenters. The Kier molecular flexibility index (Phi) is 4.88. The van der Waals surface area contributed by atoms with Crippen molar-refractivity contribution in [2.24, 2.45) is 0 Å². The maximum atomic E-state index is 11.4. The minimum atomic E-state index is -1.03. The maximum absolute atomic E-state index is 11.4. The molecule has 0 aromatic heterocycles. The number of carboxylic acid groups (broad SMARTS) is 1. The lowest BCUT2D eigenvalue weighted by molar-refractivity contribution is 0.0693. The van der Waals surface area contributed by atoms with Gasteiger partial charge in [0.25, 0.3) is 0 Å². The molecule has 0 radical (unpaired) electrons. The van der Waals surface area contributed by atoms with Crippen LogP contribution in [0.25, 0.3) is 0 Å². The van der Waals surface area contributed by atoms with Crippen molar-refractivity contribution in [3.8, 4) is 17.2 Å². The molecule has 0 saturated carbocycles. The van der Waals surface area contributed by atoms with Crippen molar-refractivity contribution in [1.82, 2.24) is 0 Å². The summed E-state index contributed by atoms with van der Waals surface area (Å²) in [5.41, 5.74) is 1.41. The normalized spacial score (nSPS) is 10.3. The Morgan fingerprint density at radius 2 is 1.91 bits per heavy atom. The lowest BCUT2D eigenvalue weighted by Crippen LogP contribution is -2.09. The van der Waals surface area contributed by atoms with E-state index < -0.39 is 5.97 Å². The Bertz CT molecular complexity index is 679. The molecule has 0 amide bonds. The number of benzene rings is 2. The zero-order valence-corrected chi connectivity index (χ0v) is 12.5. The molecular weight excluding hydrogens is 284 g/mol. The molecule has 0 fully saturated rings. The van der Waals surface area contributed by atoms with Crippen molar-refractivity contribution in [1.29, 1.82) is 0 Å². The summed E-state index contributed by atoms with van der Waals surface area (Å²) in [7, 11) is 0. The van der Waals surface area contributed by atoms with E-state index in [0.29, 0.717) is 23.7 Å². The number of phenols is 1. The predicted molar refractivity (Wildman–Crippen MR) is 81.7 cm³/mol. The van der Waals surface area contributed by atoms with E-state index in [2.05, 4.69) is 0 Å². The van der Waals surface area contributed by atoms with Crippen molar-refractivity contribution in [3.05, 3.63) is 53.1 Å². The number of phenolic OH excluding ortho intramolecular Hbond substituents is 1. The number of ether oxygens (including phenoxy) is 2. The fourth-order valence-electron chi connectivity index (χ4n) is 2.15. The number of rotatable bonds is 6. The summed E-state index contributed by atoms with van der Waals surface area (Å²) < 4.78 is 11.2. The van der Waals surface area contributed by atoms with Crippen LogP contribution in [0.5, 0.6) is 17.2 Å². The van der Waals surface area contributed by atoms with Crippen LogP contribution in [-0.2, 0) is 6.61 Å². The summed E-state index contributed by atoms with van der Waals surface area (Å²) in [6.07, 6.45) is 0. The quantitative estimate of drug-likeness (QED) is 0.855. The summed E-state index contributed by atoms with van der Waals surface area (Å²) in [6.45, 7) is 4.15. The van der Waals surface area contributed by atoms with Crippen molar-refractivity contribution >= 4 is 5.97 Å². The minimum absolute atomic E-state index is 0.0728. The summed E-state index contributed by atoms with van der Waals surface area (Å²) in [5.74, 6) is 0.215. The fraction of sp³-hybridized carbons (Fsp3) is 0.235. The van der Waals surface area contributed by atoms with Crippen LogP contribution in [0, 0.1) is 6.92 Å². The van der Waals surface area contributed by atoms with Crippen LogP contribution < -0.4 is 9.47 Å². The first-order chi connectivity index (χ1) is 10.5. The Hall–Kier alpha value is -2.69. The minimum Gasteiger partial charge on any atom is -0.508 e. The van der Waals surface area contributed by atoms with Crippen molar-refractivity contribution in [2.75, 3.05) is 6.61 Å². The average Bonchev–Trinajstić information content (AvgIpc) is 2.47. The van der Waals surface area contributed by atoms with Crippen LogP contribution in [0.2, 0.25) is 0 Å². The molecule has 0 aliphatic rings. The highest BCUT2D eigenvalue weighted by atomic mass is 16.5. The first-order valence-corrected chi connectivity index (χ1v) is 6.93. The molecule has 5 heteroatoms. The third-order valence-electron chi connectivity index (χ3n) is 3.19. The number of aromatic hydroxyl groups is 1. The monoisotopic (exact) mass is 302 g/mol. The third kappa shape index (κ3) is 3.49. The molecule has 22 heavy (non-hydrogen) atoms. The molecule has 0 unspecified atom stereocenters. The largest absolute Gasteiger partial charge is 0.508 e. The molecular formula is C17H18O5. The van der Waals surface area contributed by atoms with E-state index in [1.165, 1.54) is 12.1 Å². The lowest BCUT2D eigenvalue weighted by atomic mass is 10.1. The highest BCUT2D eigenvalue weighted by Crippen LogP contribution is 2.27. The number of hydrogen-bond donors (Lipinski definition) is 2. The topological polar surface area (TPSA) is 76.0 Å². The van der Waals surface area contributed by atoms with Gasteiger partial charge < -0.3 is 19.7 Å². The van der Waals surface area contributed by atoms with Gasteiger partial charge in [-0.05, 0) is 49.7 Å². The van der Waals surface area contributed by atoms with E-state index >= 15 is 0 Å². The highest BCUT2D eigenvalue weighted by Gasteiger charge is 2.16. The van der Waals surface area contributed by atoms with Gasteiger partial charge in [-0.15, -0.1) is 0 Å². The van der Waals surface area contributed by atoms with Gasteiger partial charge in [-0.25, -0.2) is 4.79 Å². The van der Waals surface area contributed by atoms with Crippen molar-refractivity contribution in [2.45, 2.75) is 20.5 Å². The fourth-order valence-corrected chi connectivity index (χ4v) is 2.15. The summed E-state index contributed by atoms with van der Waals surface area (Å²) >= 11 is 0. The molecule has 2 N–H and O–H groups in total. The van der Waals surface area contributed by atoms with E-state index in [4.69, 9.17) is 9.47 Å². The second kappa shape index (κ2) is 6.85. The summed E-state index contributed by atoms with van der Waals surface area (Å²) in [6, 6.07) is 9.64. The zero-order chi connectivity index (χ0) is 16.1. The van der Waals surface area contributed by atoms with Crippen molar-refractivity contribution < 1.29 is 24.5 Å². The van der Waals surface area contributed by atoms with Gasteiger partial charge in [-0.1, -0.05) is 6.07 Å². The van der Waals surface area contributed by atoms with E-state index in [-0.39, 0.29) is 17.9 Å². The number of carboxylic acids is 1. The third-order valence-corrected chi connectivity index (χ3v) is 3.19. The van der Waals surface area contributed by atoms with Crippen LogP contribution in [0.15, 0.2) is 36.4 Å². The van der Waals surface area contributed by atoms with Crippen LogP contribution >= 0.6 is 0 Å². The molecule has 5 nitrogen and oxygen atoms in total. The van der Waals surface area contributed by atoms with Gasteiger partial charge >= 0.3 is 5.97 Å². The smallest absolute Gasteiger partial charge is 0.336 e. The first-order valence-electron chi connectivity index (χ1n) is 6.93. The zero-order valence-electron chi connectivity index (χ0n) is 12.5. The van der Waals surface area contributed by atoms with Crippen LogP contribution in [0.4, 0.5) is 0 Å². The molecule has 0 bridgehead atoms. The molecule has 0 spiro atoms. The second-order valence-electron chi connectivity index (χ2n) is 4.76. The number of hydrogen-bond acceptors (Lipinski definition) is 4. The predicted octanol–water partition coefficient (Wildman–Crippen LogP) is 3.38. The molecule has 2 rings (SSSR count). The van der Waals surface area contributed by atoms with Crippen molar-refractivity contribution in [3.63, 3.8) is 0 Å². The van der Waals surface area contributed by atoms with Crippen LogP contribution in [-0.4, -0.2) is 22.8 Å². The number of aromatic carboxylic acids is 1. The van der Waals surface area contributed by atoms with Gasteiger partial charge in [-0.2, -0.15) is 0 Å². The van der Waals surface area contributed by atoms with Gasteiger partial charge in [-0.3, -0.25) is 0 Å². The summed E-state index contributed by atoms with van der Waals surface area (Å²) in [4.78, 5) is 11.4. The highest BCUT2D eigenvalue weighted by molar-refractivity contribution is 5.90.